The Bertz CT molecular complexity index is 517. The summed E-state index contributed by atoms with van der Waals surface area (Å²) in [6, 6.07) is 7.72. The van der Waals surface area contributed by atoms with Crippen molar-refractivity contribution in [3.8, 4) is 11.8 Å². The summed E-state index contributed by atoms with van der Waals surface area (Å²) < 4.78 is 0. The molecule has 1 aromatic carbocycles. The summed E-state index contributed by atoms with van der Waals surface area (Å²) in [4.78, 5) is 10.1. The van der Waals surface area contributed by atoms with Gasteiger partial charge in [0.2, 0.25) is 0 Å². The number of para-hydroxylation sites is 1. The summed E-state index contributed by atoms with van der Waals surface area (Å²) >= 11 is 0. The number of rotatable bonds is 1. The van der Waals surface area contributed by atoms with Crippen LogP contribution < -0.4 is 0 Å². The summed E-state index contributed by atoms with van der Waals surface area (Å²) in [5.41, 5.74) is 1.66. The molecule has 0 aliphatic carbocycles. The quantitative estimate of drug-likeness (QED) is 0.539. The molecule has 0 bridgehead atoms. The SMILES string of the molecule is O=CCC#Cc1[nH]nc2ccccc12. The number of H-pyrrole nitrogens is 1. The Morgan fingerprint density at radius 3 is 3.14 bits per heavy atom. The maximum Gasteiger partial charge on any atom is 0.131 e. The standard InChI is InChI=1S/C11H8N2O/c14-8-4-3-7-11-9-5-1-2-6-10(9)12-13-11/h1-2,5-6,8H,4H2,(H,12,13). The smallest absolute Gasteiger partial charge is 0.131 e. The molecule has 3 heteroatoms. The number of hydrogen-bond donors (Lipinski definition) is 1. The first-order chi connectivity index (χ1) is 6.92. The van der Waals surface area contributed by atoms with Gasteiger partial charge in [0, 0.05) is 5.39 Å². The van der Waals surface area contributed by atoms with E-state index in [1.54, 1.807) is 0 Å². The summed E-state index contributed by atoms with van der Waals surface area (Å²) in [7, 11) is 0. The largest absolute Gasteiger partial charge is 0.302 e. The van der Waals surface area contributed by atoms with E-state index in [2.05, 4.69) is 22.0 Å². The maximum absolute atomic E-state index is 10.1. The number of aromatic amines is 1. The van der Waals surface area contributed by atoms with E-state index < -0.39 is 0 Å². The molecule has 0 fully saturated rings. The number of aromatic nitrogens is 2. The van der Waals surface area contributed by atoms with Crippen molar-refractivity contribution in [2.45, 2.75) is 6.42 Å². The highest BCUT2D eigenvalue weighted by atomic mass is 16.1. The molecular weight excluding hydrogens is 176 g/mol. The monoisotopic (exact) mass is 184 g/mol. The second-order valence-corrected chi connectivity index (χ2v) is 2.79. The van der Waals surface area contributed by atoms with Crippen molar-refractivity contribution >= 4 is 17.2 Å². The lowest BCUT2D eigenvalue weighted by Gasteiger charge is -1.85. The molecule has 0 aliphatic rings. The van der Waals surface area contributed by atoms with Gasteiger partial charge in [-0.1, -0.05) is 18.1 Å². The van der Waals surface area contributed by atoms with E-state index >= 15 is 0 Å². The molecule has 3 nitrogen and oxygen atoms in total. The van der Waals surface area contributed by atoms with Crippen molar-refractivity contribution in [1.29, 1.82) is 0 Å². The van der Waals surface area contributed by atoms with Crippen molar-refractivity contribution in [2.75, 3.05) is 0 Å². The van der Waals surface area contributed by atoms with Gasteiger partial charge in [-0.3, -0.25) is 5.10 Å². The van der Waals surface area contributed by atoms with Crippen LogP contribution in [0.3, 0.4) is 0 Å². The van der Waals surface area contributed by atoms with Crippen LogP contribution in [-0.2, 0) is 4.79 Å². The molecule has 0 radical (unpaired) electrons. The van der Waals surface area contributed by atoms with Crippen molar-refractivity contribution < 1.29 is 4.79 Å². The van der Waals surface area contributed by atoms with E-state index in [1.165, 1.54) is 0 Å². The number of nitrogens with one attached hydrogen (secondary N) is 1. The Balaban J connectivity index is 2.44. The van der Waals surface area contributed by atoms with Gasteiger partial charge < -0.3 is 4.79 Å². The first kappa shape index (κ1) is 8.52. The Kier molecular flexibility index (Phi) is 2.28. The van der Waals surface area contributed by atoms with Crippen molar-refractivity contribution in [3.05, 3.63) is 30.0 Å². The zero-order chi connectivity index (χ0) is 9.80. The minimum Gasteiger partial charge on any atom is -0.302 e. The molecule has 2 aromatic rings. The van der Waals surface area contributed by atoms with Crippen LogP contribution in [0.5, 0.6) is 0 Å². The second kappa shape index (κ2) is 3.75. The van der Waals surface area contributed by atoms with Crippen molar-refractivity contribution in [1.82, 2.24) is 10.2 Å². The Labute approximate surface area is 81.1 Å². The third-order valence-corrected chi connectivity index (χ3v) is 1.86. The van der Waals surface area contributed by atoms with E-state index in [0.717, 1.165) is 22.9 Å². The van der Waals surface area contributed by atoms with Crippen molar-refractivity contribution in [2.24, 2.45) is 0 Å². The van der Waals surface area contributed by atoms with Crippen LogP contribution in [-0.4, -0.2) is 16.5 Å². The second-order valence-electron chi connectivity index (χ2n) is 2.79. The Hall–Kier alpha value is -2.08. The molecule has 0 atom stereocenters. The lowest BCUT2D eigenvalue weighted by molar-refractivity contribution is -0.107. The van der Waals surface area contributed by atoms with Crippen molar-refractivity contribution in [3.63, 3.8) is 0 Å². The highest BCUT2D eigenvalue weighted by Crippen LogP contribution is 2.13. The van der Waals surface area contributed by atoms with Gasteiger partial charge in [-0.15, -0.1) is 0 Å². The predicted molar refractivity (Wildman–Crippen MR) is 53.7 cm³/mol. The zero-order valence-electron chi connectivity index (χ0n) is 7.45. The molecule has 0 saturated carbocycles. The molecule has 1 heterocycles. The van der Waals surface area contributed by atoms with Gasteiger partial charge in [0.15, 0.2) is 0 Å². The molecule has 1 aromatic heterocycles. The summed E-state index contributed by atoms with van der Waals surface area (Å²) in [5.74, 6) is 5.61. The Morgan fingerprint density at radius 2 is 2.29 bits per heavy atom. The zero-order valence-corrected chi connectivity index (χ0v) is 7.45. The van der Waals surface area contributed by atoms with Crippen LogP contribution in [0, 0.1) is 11.8 Å². The lowest BCUT2D eigenvalue weighted by atomic mass is 10.2. The molecule has 14 heavy (non-hydrogen) atoms. The normalized spacial score (nSPS) is 9.43. The third kappa shape index (κ3) is 1.50. The summed E-state index contributed by atoms with van der Waals surface area (Å²) in [6.45, 7) is 0. The Morgan fingerprint density at radius 1 is 1.43 bits per heavy atom. The number of nitrogens with zero attached hydrogens (tertiary/aromatic N) is 1. The highest BCUT2D eigenvalue weighted by Gasteiger charge is 1.99. The first-order valence-corrected chi connectivity index (χ1v) is 4.27. The van der Waals surface area contributed by atoms with Gasteiger partial charge in [-0.2, -0.15) is 5.10 Å². The number of hydrogen-bond acceptors (Lipinski definition) is 2. The molecular formula is C11H8N2O. The van der Waals surface area contributed by atoms with E-state index in [1.807, 2.05) is 24.3 Å². The minimum absolute atomic E-state index is 0.257. The number of benzene rings is 1. The van der Waals surface area contributed by atoms with Crippen LogP contribution in [0.25, 0.3) is 10.9 Å². The lowest BCUT2D eigenvalue weighted by Crippen LogP contribution is -1.75. The third-order valence-electron chi connectivity index (χ3n) is 1.86. The molecule has 0 amide bonds. The highest BCUT2D eigenvalue weighted by molar-refractivity contribution is 5.83. The molecule has 0 spiro atoms. The van der Waals surface area contributed by atoms with Crippen LogP contribution in [0.2, 0.25) is 0 Å². The number of carbonyl (C=O) groups excluding carboxylic acids is 1. The fourth-order valence-electron chi connectivity index (χ4n) is 1.24. The molecule has 68 valence electrons. The van der Waals surface area contributed by atoms with Crippen LogP contribution in [0.15, 0.2) is 24.3 Å². The fourth-order valence-corrected chi connectivity index (χ4v) is 1.24. The first-order valence-electron chi connectivity index (χ1n) is 4.27. The topological polar surface area (TPSA) is 45.8 Å². The van der Waals surface area contributed by atoms with Gasteiger partial charge in [0.1, 0.15) is 12.0 Å². The number of carbonyl (C=O) groups is 1. The molecule has 2 rings (SSSR count). The van der Waals surface area contributed by atoms with Crippen LogP contribution >= 0.6 is 0 Å². The van der Waals surface area contributed by atoms with E-state index in [0.29, 0.717) is 0 Å². The molecule has 0 unspecified atom stereocenters. The van der Waals surface area contributed by atoms with E-state index in [4.69, 9.17) is 0 Å². The minimum atomic E-state index is 0.257. The number of aldehydes is 1. The molecule has 0 saturated heterocycles. The maximum atomic E-state index is 10.1. The summed E-state index contributed by atoms with van der Waals surface area (Å²) in [6.07, 6.45) is 1.04. The van der Waals surface area contributed by atoms with Gasteiger partial charge in [0.05, 0.1) is 11.9 Å². The predicted octanol–water partition coefficient (Wildman–Crippen LogP) is 1.50. The molecule has 0 aliphatic heterocycles. The average Bonchev–Trinajstić information content (AvgIpc) is 2.63. The summed E-state index contributed by atoms with van der Waals surface area (Å²) in [5, 5.41) is 7.91. The van der Waals surface area contributed by atoms with Gasteiger partial charge in [-0.25, -0.2) is 0 Å². The van der Waals surface area contributed by atoms with E-state index in [9.17, 15) is 4.79 Å². The van der Waals surface area contributed by atoms with E-state index in [-0.39, 0.29) is 6.42 Å². The fraction of sp³-hybridized carbons (Fsp3) is 0.0909. The van der Waals surface area contributed by atoms with Crippen LogP contribution in [0.4, 0.5) is 0 Å². The number of fused-ring (bicyclic) bond motifs is 1. The average molecular weight is 184 g/mol. The van der Waals surface area contributed by atoms with Crippen LogP contribution in [0.1, 0.15) is 12.1 Å². The van der Waals surface area contributed by atoms with Gasteiger partial charge in [-0.05, 0) is 18.1 Å². The van der Waals surface area contributed by atoms with Gasteiger partial charge >= 0.3 is 0 Å². The molecule has 1 N–H and O–H groups in total. The van der Waals surface area contributed by atoms with Gasteiger partial charge in [0.25, 0.3) is 0 Å².